The summed E-state index contributed by atoms with van der Waals surface area (Å²) in [4.78, 5) is 18.8. The quantitative estimate of drug-likeness (QED) is 0.348. The Hall–Kier alpha value is -4.00. The minimum absolute atomic E-state index is 0.338. The van der Waals surface area contributed by atoms with E-state index in [2.05, 4.69) is 68.9 Å². The summed E-state index contributed by atoms with van der Waals surface area (Å²) < 4.78 is 2.14. The predicted octanol–water partition coefficient (Wildman–Crippen LogP) is 5.26. The molecule has 6 rings (SSSR count). The van der Waals surface area contributed by atoms with Crippen molar-refractivity contribution in [1.82, 2.24) is 29.2 Å². The van der Waals surface area contributed by atoms with Gasteiger partial charge in [0.25, 0.3) is 0 Å². The lowest BCUT2D eigenvalue weighted by Gasteiger charge is -2.34. The molecule has 1 aliphatic rings. The fourth-order valence-corrected chi connectivity index (χ4v) is 5.37. The average Bonchev–Trinajstić information content (AvgIpc) is 3.53. The van der Waals surface area contributed by atoms with Gasteiger partial charge in [-0.2, -0.15) is 0 Å². The van der Waals surface area contributed by atoms with Crippen LogP contribution in [0, 0.1) is 13.8 Å². The van der Waals surface area contributed by atoms with Crippen LogP contribution in [0.15, 0.2) is 55.4 Å². The second-order valence-corrected chi connectivity index (χ2v) is 9.32. The first-order chi connectivity index (χ1) is 16.5. The Morgan fingerprint density at radius 1 is 1.12 bits per heavy atom. The molecule has 1 saturated heterocycles. The molecule has 1 aliphatic heterocycles. The first-order valence-electron chi connectivity index (χ1n) is 11.8. The van der Waals surface area contributed by atoms with Crippen LogP contribution in [0.5, 0.6) is 0 Å². The molecule has 0 aliphatic carbocycles. The predicted molar refractivity (Wildman–Crippen MR) is 138 cm³/mol. The zero-order chi connectivity index (χ0) is 23.4. The van der Waals surface area contributed by atoms with Crippen LogP contribution < -0.4 is 5.73 Å². The van der Waals surface area contributed by atoms with E-state index in [9.17, 15) is 0 Å². The zero-order valence-corrected chi connectivity index (χ0v) is 19.6. The number of anilines is 1. The largest absolute Gasteiger partial charge is 0.382 e. The van der Waals surface area contributed by atoms with Crippen LogP contribution in [0.25, 0.3) is 33.5 Å². The van der Waals surface area contributed by atoms with Crippen molar-refractivity contribution in [2.24, 2.45) is 0 Å². The normalized spacial score (nSPS) is 14.9. The Labute approximate surface area is 198 Å². The van der Waals surface area contributed by atoms with Crippen LogP contribution in [0.1, 0.15) is 41.5 Å². The van der Waals surface area contributed by atoms with Crippen LogP contribution in [-0.4, -0.2) is 42.3 Å². The summed E-state index contributed by atoms with van der Waals surface area (Å²) in [7, 11) is 0. The zero-order valence-electron chi connectivity index (χ0n) is 19.6. The van der Waals surface area contributed by atoms with E-state index in [1.54, 1.807) is 6.20 Å². The maximum absolute atomic E-state index is 6.37. The van der Waals surface area contributed by atoms with Crippen LogP contribution in [0.3, 0.4) is 0 Å². The minimum Gasteiger partial charge on any atom is -0.382 e. The molecule has 0 bridgehead atoms. The molecule has 7 heteroatoms. The Bertz CT molecular complexity index is 1490. The van der Waals surface area contributed by atoms with Crippen molar-refractivity contribution in [3.05, 3.63) is 78.1 Å². The van der Waals surface area contributed by atoms with Gasteiger partial charge >= 0.3 is 0 Å². The minimum atomic E-state index is 0.338. The van der Waals surface area contributed by atoms with E-state index in [1.807, 2.05) is 18.3 Å². The van der Waals surface area contributed by atoms with Gasteiger partial charge in [0.05, 0.1) is 5.69 Å². The molecule has 7 nitrogen and oxygen atoms in total. The summed E-state index contributed by atoms with van der Waals surface area (Å²) in [5.41, 5.74) is 14.8. The summed E-state index contributed by atoms with van der Waals surface area (Å²) >= 11 is 0. The highest BCUT2D eigenvalue weighted by Crippen LogP contribution is 2.36. The summed E-state index contributed by atoms with van der Waals surface area (Å²) in [6.45, 7) is 10.5. The molecule has 0 radical (unpaired) electrons. The molecular formula is C27H29N7. The van der Waals surface area contributed by atoms with Gasteiger partial charge in [-0.05, 0) is 44.9 Å². The van der Waals surface area contributed by atoms with Gasteiger partial charge in [-0.25, -0.2) is 9.97 Å². The Balaban J connectivity index is 1.32. The fraction of sp³-hybridized carbons (Fsp3) is 0.259. The smallest absolute Gasteiger partial charge is 0.150 e. The van der Waals surface area contributed by atoms with Crippen molar-refractivity contribution in [2.45, 2.75) is 32.6 Å². The first-order valence-corrected chi connectivity index (χ1v) is 11.8. The van der Waals surface area contributed by atoms with Crippen LogP contribution in [-0.2, 0) is 0 Å². The van der Waals surface area contributed by atoms with Gasteiger partial charge in [0, 0.05) is 65.0 Å². The lowest BCUT2D eigenvalue weighted by Crippen LogP contribution is -2.32. The number of nitrogen functional groups attached to an aromatic ring is 1. The summed E-state index contributed by atoms with van der Waals surface area (Å²) in [6, 6.07) is 12.6. The number of fused-ring (bicyclic) bond motifs is 2. The molecule has 0 unspecified atom stereocenters. The summed E-state index contributed by atoms with van der Waals surface area (Å²) in [6.07, 6.45) is 5.76. The number of likely N-dealkylation sites (tertiary alicyclic amines) is 1. The van der Waals surface area contributed by atoms with Crippen molar-refractivity contribution in [1.29, 1.82) is 0 Å². The molecule has 0 saturated carbocycles. The summed E-state index contributed by atoms with van der Waals surface area (Å²) in [5, 5.41) is 1.16. The Morgan fingerprint density at radius 3 is 2.65 bits per heavy atom. The second kappa shape index (κ2) is 7.80. The number of hydrogen-bond donors (Lipinski definition) is 3. The van der Waals surface area contributed by atoms with E-state index in [0.29, 0.717) is 11.7 Å². The van der Waals surface area contributed by atoms with Crippen molar-refractivity contribution in [3.63, 3.8) is 0 Å². The molecule has 4 N–H and O–H groups in total. The highest BCUT2D eigenvalue weighted by Gasteiger charge is 2.28. The number of piperidine rings is 1. The number of nitrogens with zero attached hydrogens (tertiary/aromatic N) is 4. The standard InChI is InChI=1S/C27H29N7/c1-16-14-21(17(2)30-16)18(3)33-11-8-19(9-12-33)27-32-24(25-26(28)29-10-13-34(25)27)23-15-20-6-4-5-7-22(20)31-23/h4-7,10,13-15,19,30-31H,3,8-9,11-12H2,1-2H3,(H2,28,29). The van der Waals surface area contributed by atoms with Gasteiger partial charge in [0.1, 0.15) is 22.9 Å². The molecule has 0 amide bonds. The van der Waals surface area contributed by atoms with Gasteiger partial charge in [-0.3, -0.25) is 4.40 Å². The number of imidazole rings is 1. The number of aryl methyl sites for hydroxylation is 2. The van der Waals surface area contributed by atoms with E-state index in [4.69, 9.17) is 10.7 Å². The average molecular weight is 452 g/mol. The number of benzene rings is 1. The number of rotatable bonds is 4. The lowest BCUT2D eigenvalue weighted by atomic mass is 9.95. The third kappa shape index (κ3) is 3.27. The molecule has 172 valence electrons. The lowest BCUT2D eigenvalue weighted by molar-refractivity contribution is 0.293. The number of hydrogen-bond acceptors (Lipinski definition) is 4. The van der Waals surface area contributed by atoms with Crippen LogP contribution in [0.4, 0.5) is 5.82 Å². The maximum Gasteiger partial charge on any atom is 0.150 e. The number of aromatic nitrogens is 5. The monoisotopic (exact) mass is 451 g/mol. The van der Waals surface area contributed by atoms with Gasteiger partial charge in [0.15, 0.2) is 0 Å². The molecule has 34 heavy (non-hydrogen) atoms. The Morgan fingerprint density at radius 2 is 1.91 bits per heavy atom. The van der Waals surface area contributed by atoms with E-state index in [1.165, 1.54) is 17.0 Å². The first kappa shape index (κ1) is 20.6. The highest BCUT2D eigenvalue weighted by molar-refractivity contribution is 5.91. The Kier molecular flexibility index (Phi) is 4.72. The van der Waals surface area contributed by atoms with E-state index in [0.717, 1.165) is 65.3 Å². The third-order valence-corrected chi connectivity index (χ3v) is 7.10. The summed E-state index contributed by atoms with van der Waals surface area (Å²) in [5.74, 6) is 1.89. The van der Waals surface area contributed by atoms with Gasteiger partial charge in [0.2, 0.25) is 0 Å². The third-order valence-electron chi connectivity index (χ3n) is 7.10. The second-order valence-electron chi connectivity index (χ2n) is 9.32. The molecule has 1 aromatic carbocycles. The van der Waals surface area contributed by atoms with E-state index in [-0.39, 0.29) is 0 Å². The van der Waals surface area contributed by atoms with Crippen molar-refractivity contribution in [2.75, 3.05) is 18.8 Å². The van der Waals surface area contributed by atoms with Crippen molar-refractivity contribution in [3.8, 4) is 11.4 Å². The SMILES string of the molecule is C=C(c1cc(C)[nH]c1C)N1CCC(c2nc(-c3cc4ccccc4[nH]3)c3c(N)nccn23)CC1. The molecule has 5 heterocycles. The number of H-pyrrole nitrogens is 2. The molecule has 1 fully saturated rings. The van der Waals surface area contributed by atoms with Gasteiger partial charge < -0.3 is 20.6 Å². The number of nitrogens with one attached hydrogen (secondary N) is 2. The molecule has 0 spiro atoms. The topological polar surface area (TPSA) is 91.0 Å². The van der Waals surface area contributed by atoms with E-state index >= 15 is 0 Å². The van der Waals surface area contributed by atoms with Crippen LogP contribution in [0.2, 0.25) is 0 Å². The van der Waals surface area contributed by atoms with Gasteiger partial charge in [-0.1, -0.05) is 24.8 Å². The molecule has 4 aromatic heterocycles. The molecule has 5 aromatic rings. The number of aromatic amines is 2. The van der Waals surface area contributed by atoms with Crippen LogP contribution >= 0.6 is 0 Å². The molecular weight excluding hydrogens is 422 g/mol. The van der Waals surface area contributed by atoms with Gasteiger partial charge in [-0.15, -0.1) is 0 Å². The number of nitrogens with two attached hydrogens (primary N) is 1. The van der Waals surface area contributed by atoms with E-state index < -0.39 is 0 Å². The molecule has 0 atom stereocenters. The fourth-order valence-electron chi connectivity index (χ4n) is 5.37. The highest BCUT2D eigenvalue weighted by atomic mass is 15.2. The number of para-hydroxylation sites is 1. The van der Waals surface area contributed by atoms with Crippen molar-refractivity contribution < 1.29 is 0 Å². The van der Waals surface area contributed by atoms with Crippen molar-refractivity contribution >= 4 is 27.9 Å². The maximum atomic E-state index is 6.37.